The zero-order chi connectivity index (χ0) is 25.2. The van der Waals surface area contributed by atoms with E-state index in [1.54, 1.807) is 0 Å². The molecule has 5 aliphatic rings. The molecule has 198 valence electrons. The monoisotopic (exact) mass is 486 g/mol. The Morgan fingerprint density at radius 1 is 0.886 bits per heavy atom. The van der Waals surface area contributed by atoms with E-state index >= 15 is 0 Å². The van der Waals surface area contributed by atoms with Crippen molar-refractivity contribution in [2.24, 2.45) is 57.7 Å². The highest BCUT2D eigenvalue weighted by atomic mass is 16.5. The first-order valence-electron chi connectivity index (χ1n) is 14.9. The molecule has 0 aliphatic heterocycles. The molecule has 0 radical (unpaired) electrons. The largest absolute Gasteiger partial charge is 0.465 e. The Morgan fingerprint density at radius 2 is 1.54 bits per heavy atom. The van der Waals surface area contributed by atoms with Crippen molar-refractivity contribution in [2.75, 3.05) is 6.61 Å². The second-order valence-electron chi connectivity index (χ2n) is 15.0. The van der Waals surface area contributed by atoms with Crippen molar-refractivity contribution in [3.63, 3.8) is 0 Å². The minimum Gasteiger partial charge on any atom is -0.465 e. The van der Waals surface area contributed by atoms with Crippen LogP contribution in [0.4, 0.5) is 0 Å². The maximum atomic E-state index is 13.6. The summed E-state index contributed by atoms with van der Waals surface area (Å²) in [6, 6.07) is 0. The predicted molar refractivity (Wildman–Crippen MR) is 137 cm³/mol. The summed E-state index contributed by atoms with van der Waals surface area (Å²) in [4.78, 5) is 26.6. The average molecular weight is 487 g/mol. The van der Waals surface area contributed by atoms with E-state index in [4.69, 9.17) is 9.47 Å². The van der Waals surface area contributed by atoms with Gasteiger partial charge in [0.1, 0.15) is 6.10 Å². The fourth-order valence-electron chi connectivity index (χ4n) is 9.52. The molecule has 4 heteroatoms. The van der Waals surface area contributed by atoms with Crippen LogP contribution in [-0.2, 0) is 19.1 Å². The molecule has 0 N–H and O–H groups in total. The van der Waals surface area contributed by atoms with Gasteiger partial charge < -0.3 is 9.47 Å². The van der Waals surface area contributed by atoms with Gasteiger partial charge in [0.05, 0.1) is 17.9 Å². The van der Waals surface area contributed by atoms with Gasteiger partial charge in [-0.15, -0.1) is 0 Å². The maximum absolute atomic E-state index is 13.6. The molecule has 4 nitrogen and oxygen atoms in total. The summed E-state index contributed by atoms with van der Waals surface area (Å²) in [6.07, 6.45) is 12.3. The fraction of sp³-hybridized carbons (Fsp3) is 0.935. The number of rotatable bonds is 10. The van der Waals surface area contributed by atoms with Crippen LogP contribution in [0.25, 0.3) is 0 Å². The maximum Gasteiger partial charge on any atom is 0.312 e. The van der Waals surface area contributed by atoms with Crippen molar-refractivity contribution in [1.82, 2.24) is 0 Å². The number of hydrogen-bond acceptors (Lipinski definition) is 4. The Bertz CT molecular complexity index is 824. The fourth-order valence-corrected chi connectivity index (χ4v) is 9.52. The van der Waals surface area contributed by atoms with Gasteiger partial charge in [-0.1, -0.05) is 67.2 Å². The SMILES string of the molecule is CCCCCCCOC(=O)C1CC2CC1C1C3CC(CC3OC(=O)C3(CC(C)(C)C)CC3(C)C)C21. The molecular formula is C31H50O4. The molecule has 5 fully saturated rings. The van der Waals surface area contributed by atoms with Crippen LogP contribution < -0.4 is 0 Å². The molecule has 0 aromatic rings. The molecule has 0 spiro atoms. The zero-order valence-electron chi connectivity index (χ0n) is 23.2. The smallest absolute Gasteiger partial charge is 0.312 e. The molecule has 9 unspecified atom stereocenters. The molecule has 0 saturated heterocycles. The van der Waals surface area contributed by atoms with Gasteiger partial charge in [0.25, 0.3) is 0 Å². The summed E-state index contributed by atoms with van der Waals surface area (Å²) in [7, 11) is 0. The highest BCUT2D eigenvalue weighted by Crippen LogP contribution is 2.71. The van der Waals surface area contributed by atoms with Crippen LogP contribution in [0.2, 0.25) is 0 Å². The van der Waals surface area contributed by atoms with Gasteiger partial charge in [0, 0.05) is 0 Å². The lowest BCUT2D eigenvalue weighted by molar-refractivity contribution is -0.166. The Balaban J connectivity index is 1.19. The second-order valence-corrected chi connectivity index (χ2v) is 15.0. The van der Waals surface area contributed by atoms with E-state index in [0.29, 0.717) is 36.2 Å². The summed E-state index contributed by atoms with van der Waals surface area (Å²) in [5.41, 5.74) is -0.166. The lowest BCUT2D eigenvalue weighted by Gasteiger charge is -2.41. The number of fused-ring (bicyclic) bond motifs is 9. The minimum atomic E-state index is -0.315. The average Bonchev–Trinajstić information content (AvgIpc) is 3.33. The van der Waals surface area contributed by atoms with Gasteiger partial charge >= 0.3 is 11.9 Å². The molecule has 0 aromatic carbocycles. The highest BCUT2D eigenvalue weighted by molar-refractivity contribution is 5.82. The molecule has 0 amide bonds. The van der Waals surface area contributed by atoms with Crippen molar-refractivity contribution in [1.29, 1.82) is 0 Å². The van der Waals surface area contributed by atoms with E-state index in [1.807, 2.05) is 0 Å². The third-order valence-corrected chi connectivity index (χ3v) is 10.9. The van der Waals surface area contributed by atoms with Crippen molar-refractivity contribution in [3.05, 3.63) is 0 Å². The quantitative estimate of drug-likeness (QED) is 0.186. The van der Waals surface area contributed by atoms with Crippen molar-refractivity contribution in [3.8, 4) is 0 Å². The van der Waals surface area contributed by atoms with Crippen LogP contribution in [0.15, 0.2) is 0 Å². The first kappa shape index (κ1) is 25.6. The van der Waals surface area contributed by atoms with Gasteiger partial charge in [-0.05, 0) is 91.3 Å². The zero-order valence-corrected chi connectivity index (χ0v) is 23.2. The number of ether oxygens (including phenoxy) is 2. The number of esters is 2. The summed E-state index contributed by atoms with van der Waals surface area (Å²) in [5, 5.41) is 0. The van der Waals surface area contributed by atoms with E-state index in [-0.39, 0.29) is 40.2 Å². The first-order chi connectivity index (χ1) is 16.5. The van der Waals surface area contributed by atoms with Crippen LogP contribution in [0.5, 0.6) is 0 Å². The normalized spacial score (nSPS) is 42.2. The predicted octanol–water partition coefficient (Wildman–Crippen LogP) is 7.19. The third kappa shape index (κ3) is 4.48. The molecule has 9 atom stereocenters. The minimum absolute atomic E-state index is 0.0370. The van der Waals surface area contributed by atoms with Crippen LogP contribution >= 0.6 is 0 Å². The van der Waals surface area contributed by atoms with E-state index < -0.39 is 0 Å². The Morgan fingerprint density at radius 3 is 2.20 bits per heavy atom. The summed E-state index contributed by atoms with van der Waals surface area (Å²) in [6.45, 7) is 14.0. The summed E-state index contributed by atoms with van der Waals surface area (Å²) in [5.74, 6) is 3.84. The Labute approximate surface area is 213 Å². The molecule has 0 aromatic heterocycles. The number of unbranched alkanes of at least 4 members (excludes halogenated alkanes) is 4. The van der Waals surface area contributed by atoms with E-state index in [2.05, 4.69) is 41.5 Å². The van der Waals surface area contributed by atoms with E-state index in [1.165, 1.54) is 32.1 Å². The lowest BCUT2D eigenvalue weighted by atomic mass is 9.66. The van der Waals surface area contributed by atoms with E-state index in [0.717, 1.165) is 44.4 Å². The molecule has 0 heterocycles. The van der Waals surface area contributed by atoms with Crippen LogP contribution in [-0.4, -0.2) is 24.6 Å². The van der Waals surface area contributed by atoms with Gasteiger partial charge in [-0.3, -0.25) is 9.59 Å². The van der Waals surface area contributed by atoms with Gasteiger partial charge in [0.15, 0.2) is 0 Å². The van der Waals surface area contributed by atoms with Crippen molar-refractivity contribution < 1.29 is 19.1 Å². The molecular weight excluding hydrogens is 436 g/mol. The third-order valence-electron chi connectivity index (χ3n) is 10.9. The van der Waals surface area contributed by atoms with Crippen molar-refractivity contribution in [2.45, 2.75) is 118 Å². The molecule has 4 bridgehead atoms. The Kier molecular flexibility index (Phi) is 6.61. The second kappa shape index (κ2) is 9.05. The van der Waals surface area contributed by atoms with Crippen LogP contribution in [0.1, 0.15) is 112 Å². The Hall–Kier alpha value is -1.06. The number of carbonyl (C=O) groups is 2. The van der Waals surface area contributed by atoms with E-state index in [9.17, 15) is 9.59 Å². The first-order valence-corrected chi connectivity index (χ1v) is 14.9. The van der Waals surface area contributed by atoms with Crippen LogP contribution in [0.3, 0.4) is 0 Å². The molecule has 35 heavy (non-hydrogen) atoms. The van der Waals surface area contributed by atoms with Crippen LogP contribution in [0, 0.1) is 57.7 Å². The van der Waals surface area contributed by atoms with Gasteiger partial charge in [-0.25, -0.2) is 0 Å². The molecule has 5 saturated carbocycles. The highest BCUT2D eigenvalue weighted by Gasteiger charge is 2.70. The summed E-state index contributed by atoms with van der Waals surface area (Å²) < 4.78 is 12.2. The van der Waals surface area contributed by atoms with Gasteiger partial charge in [0.2, 0.25) is 0 Å². The van der Waals surface area contributed by atoms with Gasteiger partial charge in [-0.2, -0.15) is 0 Å². The molecule has 5 aliphatic carbocycles. The molecule has 5 rings (SSSR count). The number of carbonyl (C=O) groups excluding carboxylic acids is 2. The van der Waals surface area contributed by atoms with Crippen molar-refractivity contribution >= 4 is 11.9 Å². The number of hydrogen-bond donors (Lipinski definition) is 0. The standard InChI is InChI=1S/C31H50O4/c1-7-8-9-10-11-12-34-27(32)22-14-19-13-21(22)26-23-15-20(25(19)26)16-24(23)35-28(33)31(17-29(2,3)4)18-30(31,5)6/h19-26H,7-18H2,1-6H3. The lowest BCUT2D eigenvalue weighted by Crippen LogP contribution is -2.43. The summed E-state index contributed by atoms with van der Waals surface area (Å²) >= 11 is 0. The topological polar surface area (TPSA) is 52.6 Å².